The normalized spacial score (nSPS) is 18.1. The van der Waals surface area contributed by atoms with Gasteiger partial charge in [-0.15, -0.1) is 0 Å². The summed E-state index contributed by atoms with van der Waals surface area (Å²) >= 11 is 12.3. The van der Waals surface area contributed by atoms with E-state index in [1.807, 2.05) is 6.92 Å². The molecule has 30 heavy (non-hydrogen) atoms. The molecule has 3 aromatic rings. The lowest BCUT2D eigenvalue weighted by Gasteiger charge is -2.24. The van der Waals surface area contributed by atoms with Crippen LogP contribution < -0.4 is 4.90 Å². The molecule has 2 aromatic carbocycles. The van der Waals surface area contributed by atoms with Gasteiger partial charge in [0.05, 0.1) is 16.6 Å². The number of nitrogens with zero attached hydrogens (tertiary/aromatic N) is 2. The van der Waals surface area contributed by atoms with Crippen molar-refractivity contribution < 1.29 is 14.7 Å². The maximum absolute atomic E-state index is 13.0. The number of aromatic nitrogens is 1. The smallest absolute Gasteiger partial charge is 0.301 e. The molecule has 0 spiro atoms. The summed E-state index contributed by atoms with van der Waals surface area (Å²) in [5, 5.41) is 11.8. The van der Waals surface area contributed by atoms with E-state index in [0.29, 0.717) is 16.4 Å². The first-order chi connectivity index (χ1) is 14.4. The van der Waals surface area contributed by atoms with Gasteiger partial charge < -0.3 is 5.11 Å². The fourth-order valence-corrected chi connectivity index (χ4v) is 3.83. The van der Waals surface area contributed by atoms with Crippen LogP contribution in [0.5, 0.6) is 0 Å². The molecule has 1 aromatic heterocycles. The molecule has 0 aliphatic carbocycles. The van der Waals surface area contributed by atoms with E-state index in [2.05, 4.69) is 4.98 Å². The Labute approximate surface area is 183 Å². The van der Waals surface area contributed by atoms with Gasteiger partial charge in [0.1, 0.15) is 11.6 Å². The highest BCUT2D eigenvalue weighted by Gasteiger charge is 2.47. The third kappa shape index (κ3) is 3.47. The molecule has 1 saturated heterocycles. The number of aliphatic hydroxyl groups excluding tert-OH is 1. The highest BCUT2D eigenvalue weighted by Crippen LogP contribution is 2.42. The van der Waals surface area contributed by atoms with Gasteiger partial charge in [-0.1, -0.05) is 47.5 Å². The first-order valence-electron chi connectivity index (χ1n) is 9.12. The Morgan fingerprint density at radius 3 is 2.40 bits per heavy atom. The van der Waals surface area contributed by atoms with Crippen LogP contribution in [0.3, 0.4) is 0 Å². The molecule has 0 saturated carbocycles. The molecule has 1 unspecified atom stereocenters. The van der Waals surface area contributed by atoms with E-state index in [-0.39, 0.29) is 21.9 Å². The molecule has 2 heterocycles. The number of anilines is 1. The van der Waals surface area contributed by atoms with Crippen LogP contribution in [0.1, 0.15) is 22.7 Å². The number of aryl methyl sites for hydroxylation is 1. The topological polar surface area (TPSA) is 70.5 Å². The molecule has 0 radical (unpaired) electrons. The Morgan fingerprint density at radius 1 is 1.03 bits per heavy atom. The lowest BCUT2D eigenvalue weighted by atomic mass is 9.95. The highest BCUT2D eigenvalue weighted by molar-refractivity contribution is 6.51. The van der Waals surface area contributed by atoms with Crippen molar-refractivity contribution in [3.63, 3.8) is 0 Å². The lowest BCUT2D eigenvalue weighted by molar-refractivity contribution is -0.132. The molecule has 0 bridgehead atoms. The fourth-order valence-electron chi connectivity index (χ4n) is 3.48. The Kier molecular flexibility index (Phi) is 5.33. The number of Topliss-reactive ketones (excluding diaryl/α,β-unsaturated/α-hetero) is 1. The van der Waals surface area contributed by atoms with Gasteiger partial charge in [-0.25, -0.2) is 4.98 Å². The number of halogens is 2. The van der Waals surface area contributed by atoms with Crippen LogP contribution in [-0.4, -0.2) is 21.8 Å². The Balaban J connectivity index is 1.98. The predicted molar refractivity (Wildman–Crippen MR) is 117 cm³/mol. The Hall–Kier alpha value is -3.15. The number of carbonyl (C=O) groups excluding carboxylic acids is 2. The first-order valence-corrected chi connectivity index (χ1v) is 9.88. The zero-order chi connectivity index (χ0) is 21.4. The van der Waals surface area contributed by atoms with Crippen LogP contribution in [0.15, 0.2) is 72.4 Å². The Bertz CT molecular complexity index is 1190. The standard InChI is InChI=1S/C23H16Cl2N2O3/c1-13-10-11-26-18(12-13)27-20(14-6-8-15(24)9-7-14)19(22(29)23(27)30)21(28)16-4-2-3-5-17(16)25/h2-12,20,28H,1H3/b21-19+. The van der Waals surface area contributed by atoms with Crippen LogP contribution in [0.2, 0.25) is 10.0 Å². The zero-order valence-corrected chi connectivity index (χ0v) is 17.4. The zero-order valence-electron chi connectivity index (χ0n) is 15.8. The predicted octanol–water partition coefficient (Wildman–Crippen LogP) is 5.32. The van der Waals surface area contributed by atoms with Crippen molar-refractivity contribution in [2.75, 3.05) is 4.90 Å². The minimum atomic E-state index is -0.882. The van der Waals surface area contributed by atoms with Crippen LogP contribution in [0.4, 0.5) is 5.82 Å². The maximum atomic E-state index is 13.0. The number of benzene rings is 2. The molecule has 1 amide bonds. The molecule has 5 nitrogen and oxygen atoms in total. The van der Waals surface area contributed by atoms with Gasteiger partial charge in [0, 0.05) is 16.8 Å². The van der Waals surface area contributed by atoms with Crippen molar-refractivity contribution in [2.24, 2.45) is 0 Å². The molecule has 1 aliphatic rings. The minimum Gasteiger partial charge on any atom is -0.507 e. The summed E-state index contributed by atoms with van der Waals surface area (Å²) in [6, 6.07) is 16.0. The van der Waals surface area contributed by atoms with Crippen LogP contribution in [0.25, 0.3) is 5.76 Å². The van der Waals surface area contributed by atoms with Crippen molar-refractivity contribution >= 4 is 46.5 Å². The summed E-state index contributed by atoms with van der Waals surface area (Å²) in [4.78, 5) is 31.6. The highest BCUT2D eigenvalue weighted by atomic mass is 35.5. The Morgan fingerprint density at radius 2 is 1.73 bits per heavy atom. The number of hydrogen-bond donors (Lipinski definition) is 1. The number of ketones is 1. The average Bonchev–Trinajstić information content (AvgIpc) is 2.99. The summed E-state index contributed by atoms with van der Waals surface area (Å²) in [5.41, 5.74) is 1.70. The van der Waals surface area contributed by atoms with Crippen molar-refractivity contribution in [1.29, 1.82) is 0 Å². The molecular weight excluding hydrogens is 423 g/mol. The fraction of sp³-hybridized carbons (Fsp3) is 0.0870. The quantitative estimate of drug-likeness (QED) is 0.341. The van der Waals surface area contributed by atoms with E-state index in [0.717, 1.165) is 5.56 Å². The average molecular weight is 439 g/mol. The molecule has 1 N–H and O–H groups in total. The second kappa shape index (κ2) is 7.94. The number of carbonyl (C=O) groups is 2. The number of aliphatic hydroxyl groups is 1. The van der Waals surface area contributed by atoms with E-state index in [9.17, 15) is 14.7 Å². The second-order valence-electron chi connectivity index (χ2n) is 6.89. The van der Waals surface area contributed by atoms with Crippen LogP contribution >= 0.6 is 23.2 Å². The van der Waals surface area contributed by atoms with Gasteiger partial charge in [-0.3, -0.25) is 14.5 Å². The number of rotatable bonds is 3. The monoisotopic (exact) mass is 438 g/mol. The van der Waals surface area contributed by atoms with E-state index < -0.39 is 17.7 Å². The molecular formula is C23H16Cl2N2O3. The summed E-state index contributed by atoms with van der Waals surface area (Å²) < 4.78 is 0. The van der Waals surface area contributed by atoms with E-state index in [1.165, 1.54) is 4.90 Å². The summed E-state index contributed by atoms with van der Waals surface area (Å²) in [6.45, 7) is 1.86. The van der Waals surface area contributed by atoms with Crippen LogP contribution in [-0.2, 0) is 9.59 Å². The minimum absolute atomic E-state index is 0.0567. The van der Waals surface area contributed by atoms with Gasteiger partial charge in [0.2, 0.25) is 0 Å². The number of pyridine rings is 1. The number of amides is 1. The largest absolute Gasteiger partial charge is 0.507 e. The second-order valence-corrected chi connectivity index (χ2v) is 7.74. The molecule has 150 valence electrons. The third-order valence-corrected chi connectivity index (χ3v) is 5.49. The van der Waals surface area contributed by atoms with Gasteiger partial charge in [0.25, 0.3) is 5.78 Å². The van der Waals surface area contributed by atoms with Crippen molar-refractivity contribution in [3.8, 4) is 0 Å². The maximum Gasteiger partial charge on any atom is 0.301 e. The van der Waals surface area contributed by atoms with Crippen molar-refractivity contribution in [3.05, 3.63) is 99.2 Å². The van der Waals surface area contributed by atoms with Gasteiger partial charge >= 0.3 is 5.91 Å². The van der Waals surface area contributed by atoms with Crippen molar-refractivity contribution in [2.45, 2.75) is 13.0 Å². The lowest BCUT2D eigenvalue weighted by Crippen LogP contribution is -2.30. The molecule has 7 heteroatoms. The molecule has 1 atom stereocenters. The third-order valence-electron chi connectivity index (χ3n) is 4.91. The summed E-state index contributed by atoms with van der Waals surface area (Å²) in [5.74, 6) is -1.61. The van der Waals surface area contributed by atoms with Gasteiger partial charge in [0.15, 0.2) is 0 Å². The van der Waals surface area contributed by atoms with E-state index in [1.54, 1.807) is 66.9 Å². The SMILES string of the molecule is Cc1ccnc(N2C(=O)C(=O)/C(=C(/O)c3ccccc3Cl)C2c2ccc(Cl)cc2)c1. The number of hydrogen-bond acceptors (Lipinski definition) is 4. The molecule has 4 rings (SSSR count). The van der Waals surface area contributed by atoms with Gasteiger partial charge in [-0.05, 0) is 54.4 Å². The van der Waals surface area contributed by atoms with E-state index in [4.69, 9.17) is 23.2 Å². The van der Waals surface area contributed by atoms with Crippen molar-refractivity contribution in [1.82, 2.24) is 4.98 Å². The van der Waals surface area contributed by atoms with E-state index >= 15 is 0 Å². The molecule has 1 aliphatic heterocycles. The first kappa shape index (κ1) is 20.1. The van der Waals surface area contributed by atoms with Crippen LogP contribution in [0, 0.1) is 6.92 Å². The summed E-state index contributed by atoms with van der Waals surface area (Å²) in [7, 11) is 0. The summed E-state index contributed by atoms with van der Waals surface area (Å²) in [6.07, 6.45) is 1.57. The molecule has 1 fully saturated rings. The van der Waals surface area contributed by atoms with Gasteiger partial charge in [-0.2, -0.15) is 0 Å².